The van der Waals surface area contributed by atoms with Crippen molar-refractivity contribution >= 4 is 34.0 Å². The van der Waals surface area contributed by atoms with Crippen molar-refractivity contribution in [2.75, 3.05) is 44.6 Å². The molecule has 0 spiro atoms. The highest BCUT2D eigenvalue weighted by Crippen LogP contribution is 2.27. The second-order valence-corrected chi connectivity index (χ2v) is 9.60. The summed E-state index contributed by atoms with van der Waals surface area (Å²) in [4.78, 5) is 43.5. The Kier molecular flexibility index (Phi) is 7.54. The molecule has 3 rings (SSSR count). The van der Waals surface area contributed by atoms with E-state index in [0.717, 1.165) is 13.1 Å². The zero-order valence-electron chi connectivity index (χ0n) is 18.5. The van der Waals surface area contributed by atoms with E-state index in [2.05, 4.69) is 20.5 Å². The number of rotatable bonds is 7. The number of hydrogen-bond donors (Lipinski definition) is 2. The van der Waals surface area contributed by atoms with Gasteiger partial charge in [-0.2, -0.15) is 0 Å². The molecule has 0 atom stereocenters. The minimum atomic E-state index is -0.449. The molecule has 2 aromatic rings. The van der Waals surface area contributed by atoms with Gasteiger partial charge in [0.05, 0.1) is 23.7 Å². The Bertz CT molecular complexity index is 979. The number of nitro benzene ring substituents is 1. The summed E-state index contributed by atoms with van der Waals surface area (Å²) in [6.45, 7) is 9.31. The van der Waals surface area contributed by atoms with Crippen LogP contribution in [-0.4, -0.2) is 76.3 Å². The molecule has 0 unspecified atom stereocenters. The second-order valence-electron chi connectivity index (χ2n) is 8.74. The number of non-ortho nitro benzene ring substituents is 1. The summed E-state index contributed by atoms with van der Waals surface area (Å²) >= 11 is 1.28. The van der Waals surface area contributed by atoms with Gasteiger partial charge in [-0.15, -0.1) is 11.3 Å². The van der Waals surface area contributed by atoms with E-state index in [4.69, 9.17) is 0 Å². The van der Waals surface area contributed by atoms with Crippen LogP contribution >= 0.6 is 11.3 Å². The summed E-state index contributed by atoms with van der Waals surface area (Å²) in [7, 11) is 0. The number of thiazole rings is 1. The summed E-state index contributed by atoms with van der Waals surface area (Å²) in [5, 5.41) is 18.9. The number of carbonyl (C=O) groups is 2. The van der Waals surface area contributed by atoms with E-state index in [0.29, 0.717) is 36.0 Å². The molecule has 1 saturated heterocycles. The van der Waals surface area contributed by atoms with Gasteiger partial charge in [0.2, 0.25) is 11.8 Å². The molecule has 32 heavy (non-hydrogen) atoms. The average molecular weight is 461 g/mol. The van der Waals surface area contributed by atoms with Gasteiger partial charge in [0.1, 0.15) is 0 Å². The fraction of sp³-hybridized carbons (Fsp3) is 0.476. The van der Waals surface area contributed by atoms with Gasteiger partial charge in [-0.05, 0) is 20.8 Å². The highest BCUT2D eigenvalue weighted by atomic mass is 32.1. The Hall–Kier alpha value is -2.89. The quantitative estimate of drug-likeness (QED) is 0.480. The molecule has 2 N–H and O–H groups in total. The van der Waals surface area contributed by atoms with Crippen molar-refractivity contribution in [3.63, 3.8) is 0 Å². The monoisotopic (exact) mass is 460 g/mol. The molecule has 0 bridgehead atoms. The lowest BCUT2D eigenvalue weighted by atomic mass is 10.1. The fourth-order valence-electron chi connectivity index (χ4n) is 3.37. The average Bonchev–Trinajstić information content (AvgIpc) is 3.16. The number of piperazine rings is 1. The van der Waals surface area contributed by atoms with Crippen LogP contribution in [0.4, 0.5) is 10.8 Å². The summed E-state index contributed by atoms with van der Waals surface area (Å²) in [6, 6.07) is 6.24. The number of nitrogens with one attached hydrogen (secondary N) is 2. The van der Waals surface area contributed by atoms with Crippen molar-refractivity contribution in [1.82, 2.24) is 20.1 Å². The van der Waals surface area contributed by atoms with Crippen LogP contribution in [0.25, 0.3) is 11.3 Å². The number of aromatic nitrogens is 1. The van der Waals surface area contributed by atoms with Crippen molar-refractivity contribution in [3.05, 3.63) is 39.8 Å². The molecule has 2 amide bonds. The Labute approximate surface area is 190 Å². The van der Waals surface area contributed by atoms with Crippen molar-refractivity contribution in [2.45, 2.75) is 26.3 Å². The number of hydrogen-bond acceptors (Lipinski definition) is 8. The Morgan fingerprint density at radius 2 is 1.75 bits per heavy atom. The van der Waals surface area contributed by atoms with Crippen molar-refractivity contribution in [1.29, 1.82) is 0 Å². The van der Waals surface area contributed by atoms with Crippen molar-refractivity contribution in [3.8, 4) is 11.3 Å². The lowest BCUT2D eigenvalue weighted by Crippen LogP contribution is -2.52. The largest absolute Gasteiger partial charge is 0.350 e. The minimum Gasteiger partial charge on any atom is -0.350 e. The van der Waals surface area contributed by atoms with E-state index in [1.165, 1.54) is 23.5 Å². The molecular formula is C21H28N6O4S. The lowest BCUT2D eigenvalue weighted by molar-refractivity contribution is -0.384. The minimum absolute atomic E-state index is 0.00360. The lowest BCUT2D eigenvalue weighted by Gasteiger charge is -2.34. The molecule has 0 saturated carbocycles. The molecule has 1 aromatic heterocycles. The molecule has 1 aliphatic rings. The van der Waals surface area contributed by atoms with Gasteiger partial charge in [-0.1, -0.05) is 12.1 Å². The van der Waals surface area contributed by atoms with Gasteiger partial charge in [0.15, 0.2) is 5.13 Å². The summed E-state index contributed by atoms with van der Waals surface area (Å²) in [5.74, 6) is -0.157. The predicted octanol–water partition coefficient (Wildman–Crippen LogP) is 2.19. The van der Waals surface area contributed by atoms with Crippen molar-refractivity contribution in [2.24, 2.45) is 0 Å². The Morgan fingerprint density at radius 1 is 1.12 bits per heavy atom. The third-order valence-corrected chi connectivity index (χ3v) is 5.57. The Balaban J connectivity index is 1.46. The first-order valence-electron chi connectivity index (χ1n) is 10.3. The Morgan fingerprint density at radius 3 is 2.34 bits per heavy atom. The molecule has 2 heterocycles. The first-order valence-corrected chi connectivity index (χ1v) is 11.2. The smallest absolute Gasteiger partial charge is 0.270 e. The third kappa shape index (κ3) is 7.08. The maximum absolute atomic E-state index is 12.4. The van der Waals surface area contributed by atoms with Crippen LogP contribution in [0.1, 0.15) is 20.8 Å². The standard InChI is InChI=1S/C21H28N6O4S/c1-21(2,3)24-19(29)13-26-9-7-25(8-10-26)12-18(28)23-20-22-17(14-32-20)15-5-4-6-16(11-15)27(30)31/h4-6,11,14H,7-10,12-13H2,1-3H3,(H,24,29)(H,22,23,28). The first-order chi connectivity index (χ1) is 15.1. The molecule has 0 radical (unpaired) electrons. The van der Waals surface area contributed by atoms with Crippen LogP contribution in [0.2, 0.25) is 0 Å². The normalized spacial score (nSPS) is 15.3. The predicted molar refractivity (Wildman–Crippen MR) is 124 cm³/mol. The molecule has 1 aromatic carbocycles. The van der Waals surface area contributed by atoms with Gasteiger partial charge >= 0.3 is 0 Å². The number of nitrogens with zero attached hydrogens (tertiary/aromatic N) is 4. The van der Waals surface area contributed by atoms with Gasteiger partial charge in [-0.3, -0.25) is 29.5 Å². The highest BCUT2D eigenvalue weighted by Gasteiger charge is 2.22. The van der Waals surface area contributed by atoms with Gasteiger partial charge in [0.25, 0.3) is 5.69 Å². The van der Waals surface area contributed by atoms with Crippen LogP contribution in [0.3, 0.4) is 0 Å². The van der Waals surface area contributed by atoms with E-state index in [1.54, 1.807) is 17.5 Å². The fourth-order valence-corrected chi connectivity index (χ4v) is 4.11. The zero-order chi connectivity index (χ0) is 23.3. The molecule has 1 aliphatic heterocycles. The summed E-state index contributed by atoms with van der Waals surface area (Å²) in [6.07, 6.45) is 0. The van der Waals surface area contributed by atoms with Crippen LogP contribution in [0.5, 0.6) is 0 Å². The molecule has 0 aliphatic carbocycles. The topological polar surface area (TPSA) is 121 Å². The van der Waals surface area contributed by atoms with Gasteiger partial charge < -0.3 is 10.6 Å². The molecule has 1 fully saturated rings. The summed E-state index contributed by atoms with van der Waals surface area (Å²) in [5.41, 5.74) is 0.955. The van der Waals surface area contributed by atoms with E-state index >= 15 is 0 Å². The molecule has 172 valence electrons. The maximum Gasteiger partial charge on any atom is 0.270 e. The highest BCUT2D eigenvalue weighted by molar-refractivity contribution is 7.14. The van der Waals surface area contributed by atoms with Crippen LogP contribution in [0, 0.1) is 10.1 Å². The number of anilines is 1. The number of amides is 2. The van der Waals surface area contributed by atoms with Crippen LogP contribution in [0.15, 0.2) is 29.6 Å². The van der Waals surface area contributed by atoms with E-state index in [9.17, 15) is 19.7 Å². The maximum atomic E-state index is 12.4. The molecular weight excluding hydrogens is 432 g/mol. The number of carbonyl (C=O) groups excluding carboxylic acids is 2. The van der Waals surface area contributed by atoms with E-state index in [1.807, 2.05) is 25.7 Å². The van der Waals surface area contributed by atoms with Gasteiger partial charge in [0, 0.05) is 54.8 Å². The second kappa shape index (κ2) is 10.2. The van der Waals surface area contributed by atoms with E-state index in [-0.39, 0.29) is 29.6 Å². The number of nitro groups is 1. The van der Waals surface area contributed by atoms with Crippen LogP contribution < -0.4 is 10.6 Å². The van der Waals surface area contributed by atoms with Crippen LogP contribution in [-0.2, 0) is 9.59 Å². The third-order valence-electron chi connectivity index (χ3n) is 4.82. The summed E-state index contributed by atoms with van der Waals surface area (Å²) < 4.78 is 0. The molecule has 10 nitrogen and oxygen atoms in total. The van der Waals surface area contributed by atoms with E-state index < -0.39 is 4.92 Å². The molecule has 11 heteroatoms. The number of benzene rings is 1. The SMILES string of the molecule is CC(C)(C)NC(=O)CN1CCN(CC(=O)Nc2nc(-c3cccc([N+](=O)[O-])c3)cs2)CC1. The zero-order valence-corrected chi connectivity index (χ0v) is 19.3. The van der Waals surface area contributed by atoms with Crippen molar-refractivity contribution < 1.29 is 14.5 Å². The first kappa shape index (κ1) is 23.8. The van der Waals surface area contributed by atoms with Gasteiger partial charge in [-0.25, -0.2) is 4.98 Å².